The molecule has 2 aromatic heterocycles. The van der Waals surface area contributed by atoms with E-state index in [9.17, 15) is 20.2 Å². The molecule has 0 bridgehead atoms. The van der Waals surface area contributed by atoms with Gasteiger partial charge >= 0.3 is 5.69 Å². The van der Waals surface area contributed by atoms with E-state index in [2.05, 4.69) is 10.1 Å². The highest BCUT2D eigenvalue weighted by Gasteiger charge is 2.23. The van der Waals surface area contributed by atoms with Crippen molar-refractivity contribution in [2.45, 2.75) is 13.8 Å². The Balaban J connectivity index is 2.66. The van der Waals surface area contributed by atoms with Crippen LogP contribution in [0.1, 0.15) is 11.4 Å². The zero-order valence-corrected chi connectivity index (χ0v) is 10.1. The number of hydrogen-bond acceptors (Lipinski definition) is 6. The minimum atomic E-state index is -0.731. The van der Waals surface area contributed by atoms with Crippen molar-refractivity contribution in [1.82, 2.24) is 14.8 Å². The predicted octanol–water partition coefficient (Wildman–Crippen LogP) is 1.70. The minimum Gasteiger partial charge on any atom is -0.258 e. The van der Waals surface area contributed by atoms with Crippen LogP contribution in [0.15, 0.2) is 18.3 Å². The van der Waals surface area contributed by atoms with E-state index in [1.54, 1.807) is 19.9 Å². The molecule has 0 radical (unpaired) electrons. The number of pyridine rings is 1. The van der Waals surface area contributed by atoms with Gasteiger partial charge in [-0.05, 0) is 19.9 Å². The van der Waals surface area contributed by atoms with Crippen molar-refractivity contribution < 1.29 is 9.85 Å². The standard InChI is InChI=1S/C10H9N5O4/c1-6-3-7(2)13(12-6)10-9(15(18)19)4-8(5-11-10)14(16)17/h3-5H,1-2H3. The van der Waals surface area contributed by atoms with Crippen molar-refractivity contribution in [3.05, 3.63) is 49.9 Å². The molecule has 2 aromatic rings. The second kappa shape index (κ2) is 4.44. The van der Waals surface area contributed by atoms with Gasteiger partial charge in [0.15, 0.2) is 0 Å². The van der Waals surface area contributed by atoms with Gasteiger partial charge in [-0.1, -0.05) is 0 Å². The molecule has 0 saturated heterocycles. The molecule has 9 nitrogen and oxygen atoms in total. The van der Waals surface area contributed by atoms with Crippen LogP contribution in [-0.2, 0) is 0 Å². The van der Waals surface area contributed by atoms with Gasteiger partial charge in [0.2, 0.25) is 5.82 Å². The fourth-order valence-electron chi connectivity index (χ4n) is 1.68. The maximum atomic E-state index is 11.0. The summed E-state index contributed by atoms with van der Waals surface area (Å²) < 4.78 is 1.29. The van der Waals surface area contributed by atoms with E-state index in [4.69, 9.17) is 0 Å². The summed E-state index contributed by atoms with van der Waals surface area (Å²) in [7, 11) is 0. The predicted molar refractivity (Wildman–Crippen MR) is 64.1 cm³/mol. The fourth-order valence-corrected chi connectivity index (χ4v) is 1.68. The first-order valence-corrected chi connectivity index (χ1v) is 5.22. The van der Waals surface area contributed by atoms with Gasteiger partial charge in [0.25, 0.3) is 5.69 Å². The average molecular weight is 263 g/mol. The van der Waals surface area contributed by atoms with E-state index in [1.165, 1.54) is 4.68 Å². The Hall–Kier alpha value is -2.84. The Bertz CT molecular complexity index is 679. The molecule has 0 aliphatic rings. The van der Waals surface area contributed by atoms with Crippen LogP contribution >= 0.6 is 0 Å². The van der Waals surface area contributed by atoms with E-state index < -0.39 is 21.2 Å². The van der Waals surface area contributed by atoms with Crippen LogP contribution in [0.5, 0.6) is 0 Å². The van der Waals surface area contributed by atoms with Gasteiger partial charge in [-0.3, -0.25) is 20.2 Å². The lowest BCUT2D eigenvalue weighted by Crippen LogP contribution is -2.07. The highest BCUT2D eigenvalue weighted by molar-refractivity contribution is 5.52. The summed E-state index contributed by atoms with van der Waals surface area (Å²) in [6.07, 6.45) is 0.971. The monoisotopic (exact) mass is 263 g/mol. The Labute approximate surface area is 106 Å². The van der Waals surface area contributed by atoms with Gasteiger partial charge in [-0.15, -0.1) is 0 Å². The summed E-state index contributed by atoms with van der Waals surface area (Å²) in [5.41, 5.74) is 0.436. The third-order valence-corrected chi connectivity index (χ3v) is 2.45. The summed E-state index contributed by atoms with van der Waals surface area (Å²) in [5.74, 6) is -0.0406. The normalized spacial score (nSPS) is 10.4. The van der Waals surface area contributed by atoms with Crippen LogP contribution in [0.25, 0.3) is 5.82 Å². The van der Waals surface area contributed by atoms with E-state index in [0.29, 0.717) is 11.4 Å². The molecule has 0 atom stereocenters. The molecule has 0 aliphatic heterocycles. The summed E-state index contributed by atoms with van der Waals surface area (Å²) in [5, 5.41) is 25.7. The lowest BCUT2D eigenvalue weighted by Gasteiger charge is -2.03. The molecule has 2 heterocycles. The number of hydrogen-bond donors (Lipinski definition) is 0. The summed E-state index contributed by atoms with van der Waals surface area (Å²) in [6.45, 7) is 3.45. The second-order valence-corrected chi connectivity index (χ2v) is 3.89. The summed E-state index contributed by atoms with van der Waals surface area (Å²) in [6, 6.07) is 2.60. The molecule has 0 aromatic carbocycles. The smallest absolute Gasteiger partial charge is 0.258 e. The van der Waals surface area contributed by atoms with E-state index in [0.717, 1.165) is 12.3 Å². The Morgan fingerprint density at radius 2 is 1.84 bits per heavy atom. The van der Waals surface area contributed by atoms with Gasteiger partial charge in [0, 0.05) is 5.69 Å². The molecule has 0 spiro atoms. The average Bonchev–Trinajstić information content (AvgIpc) is 2.67. The van der Waals surface area contributed by atoms with Gasteiger partial charge < -0.3 is 0 Å². The SMILES string of the molecule is Cc1cc(C)n(-c2ncc([N+](=O)[O-])cc2[N+](=O)[O-])n1. The zero-order valence-electron chi connectivity index (χ0n) is 10.1. The lowest BCUT2D eigenvalue weighted by molar-refractivity contribution is -0.394. The molecule has 0 fully saturated rings. The molecule has 9 heteroatoms. The number of aromatic nitrogens is 3. The zero-order chi connectivity index (χ0) is 14.2. The first-order chi connectivity index (χ1) is 8.90. The van der Waals surface area contributed by atoms with Gasteiger partial charge in [0.1, 0.15) is 6.20 Å². The van der Waals surface area contributed by atoms with Crippen LogP contribution in [0.2, 0.25) is 0 Å². The number of rotatable bonds is 3. The molecule has 0 unspecified atom stereocenters. The Morgan fingerprint density at radius 1 is 1.16 bits per heavy atom. The third kappa shape index (κ3) is 2.25. The van der Waals surface area contributed by atoms with Crippen LogP contribution in [0, 0.1) is 34.1 Å². The maximum absolute atomic E-state index is 11.0. The quantitative estimate of drug-likeness (QED) is 0.614. The molecule has 0 saturated carbocycles. The Kier molecular flexibility index (Phi) is 2.95. The van der Waals surface area contributed by atoms with Crippen molar-refractivity contribution in [1.29, 1.82) is 0 Å². The number of nitro groups is 2. The first-order valence-electron chi connectivity index (χ1n) is 5.22. The summed E-state index contributed by atoms with van der Waals surface area (Å²) >= 11 is 0. The van der Waals surface area contributed by atoms with Crippen molar-refractivity contribution in [3.63, 3.8) is 0 Å². The molecule has 19 heavy (non-hydrogen) atoms. The van der Waals surface area contributed by atoms with Crippen LogP contribution < -0.4 is 0 Å². The molecule has 0 N–H and O–H groups in total. The van der Waals surface area contributed by atoms with Crippen molar-refractivity contribution in [2.24, 2.45) is 0 Å². The maximum Gasteiger partial charge on any atom is 0.320 e. The van der Waals surface area contributed by atoms with E-state index in [-0.39, 0.29) is 5.82 Å². The van der Waals surface area contributed by atoms with E-state index in [1.807, 2.05) is 0 Å². The molecule has 98 valence electrons. The molecule has 0 aliphatic carbocycles. The highest BCUT2D eigenvalue weighted by atomic mass is 16.6. The topological polar surface area (TPSA) is 117 Å². The Morgan fingerprint density at radius 3 is 2.32 bits per heavy atom. The van der Waals surface area contributed by atoms with Gasteiger partial charge in [-0.25, -0.2) is 9.67 Å². The molecule has 2 rings (SSSR count). The second-order valence-electron chi connectivity index (χ2n) is 3.89. The van der Waals surface area contributed by atoms with Gasteiger partial charge in [0.05, 0.1) is 21.6 Å². The van der Waals surface area contributed by atoms with E-state index >= 15 is 0 Å². The van der Waals surface area contributed by atoms with Crippen LogP contribution in [0.3, 0.4) is 0 Å². The molecular weight excluding hydrogens is 254 g/mol. The first kappa shape index (κ1) is 12.6. The van der Waals surface area contributed by atoms with Crippen molar-refractivity contribution in [2.75, 3.05) is 0 Å². The highest BCUT2D eigenvalue weighted by Crippen LogP contribution is 2.25. The van der Waals surface area contributed by atoms with Crippen molar-refractivity contribution >= 4 is 11.4 Å². The van der Waals surface area contributed by atoms with Crippen molar-refractivity contribution in [3.8, 4) is 5.82 Å². The minimum absolute atomic E-state index is 0.0406. The van der Waals surface area contributed by atoms with Crippen LogP contribution in [0.4, 0.5) is 11.4 Å². The molecule has 0 amide bonds. The largest absolute Gasteiger partial charge is 0.320 e. The number of nitrogens with zero attached hydrogens (tertiary/aromatic N) is 5. The molecular formula is C10H9N5O4. The summed E-state index contributed by atoms with van der Waals surface area (Å²) in [4.78, 5) is 23.9. The van der Waals surface area contributed by atoms with Gasteiger partial charge in [-0.2, -0.15) is 5.10 Å². The number of aryl methyl sites for hydroxylation is 2. The third-order valence-electron chi connectivity index (χ3n) is 2.45. The fraction of sp³-hybridized carbons (Fsp3) is 0.200. The van der Waals surface area contributed by atoms with Crippen LogP contribution in [-0.4, -0.2) is 24.6 Å². The lowest BCUT2D eigenvalue weighted by atomic mass is 10.3.